The van der Waals surface area contributed by atoms with E-state index in [0.29, 0.717) is 43.7 Å². The quantitative estimate of drug-likeness (QED) is 0.258. The number of guanidine groups is 1. The Labute approximate surface area is 191 Å². The minimum atomic E-state index is 0. The van der Waals surface area contributed by atoms with Crippen molar-refractivity contribution in [2.24, 2.45) is 4.99 Å². The number of anilines is 1. The molecule has 3 aromatic rings. The van der Waals surface area contributed by atoms with Gasteiger partial charge in [-0.2, -0.15) is 5.10 Å². The van der Waals surface area contributed by atoms with Crippen LogP contribution < -0.4 is 20.1 Å². The molecule has 0 saturated heterocycles. The molecule has 0 aliphatic carbocycles. The summed E-state index contributed by atoms with van der Waals surface area (Å²) in [7, 11) is 0. The molecule has 3 heterocycles. The number of aromatic nitrogens is 3. The maximum absolute atomic E-state index is 5.75. The molecule has 0 radical (unpaired) electrons. The number of H-pyrrole nitrogens is 1. The van der Waals surface area contributed by atoms with Gasteiger partial charge >= 0.3 is 0 Å². The number of nitrogens with one attached hydrogen (secondary N) is 3. The van der Waals surface area contributed by atoms with Gasteiger partial charge < -0.3 is 24.5 Å². The van der Waals surface area contributed by atoms with E-state index in [1.54, 1.807) is 6.26 Å². The van der Waals surface area contributed by atoms with Gasteiger partial charge in [-0.1, -0.05) is 0 Å². The summed E-state index contributed by atoms with van der Waals surface area (Å²) in [5.41, 5.74) is 0.883. The van der Waals surface area contributed by atoms with Gasteiger partial charge in [0.1, 0.15) is 5.82 Å². The number of furan rings is 1. The molecule has 30 heavy (non-hydrogen) atoms. The van der Waals surface area contributed by atoms with Crippen LogP contribution in [0.4, 0.5) is 5.69 Å². The summed E-state index contributed by atoms with van der Waals surface area (Å²) in [4.78, 5) is 9.05. The molecule has 10 heteroatoms. The maximum atomic E-state index is 5.75. The lowest BCUT2D eigenvalue weighted by molar-refractivity contribution is 0.297. The summed E-state index contributed by atoms with van der Waals surface area (Å²) >= 11 is 0. The van der Waals surface area contributed by atoms with Crippen molar-refractivity contribution in [1.29, 1.82) is 0 Å². The van der Waals surface area contributed by atoms with Gasteiger partial charge in [-0.15, -0.1) is 24.0 Å². The second-order valence-electron chi connectivity index (χ2n) is 6.43. The van der Waals surface area contributed by atoms with Crippen LogP contribution in [-0.2, 0) is 6.42 Å². The van der Waals surface area contributed by atoms with E-state index in [4.69, 9.17) is 13.9 Å². The van der Waals surface area contributed by atoms with E-state index in [0.717, 1.165) is 36.0 Å². The maximum Gasteiger partial charge on any atom is 0.216 e. The molecular formula is C20H25IN6O3. The molecule has 2 aromatic heterocycles. The van der Waals surface area contributed by atoms with Crippen LogP contribution in [0.3, 0.4) is 0 Å². The highest BCUT2D eigenvalue weighted by Crippen LogP contribution is 2.32. The fourth-order valence-electron chi connectivity index (χ4n) is 2.88. The monoisotopic (exact) mass is 524 g/mol. The summed E-state index contributed by atoms with van der Waals surface area (Å²) in [6, 6.07) is 9.43. The lowest BCUT2D eigenvalue weighted by Gasteiger charge is -2.13. The van der Waals surface area contributed by atoms with Gasteiger partial charge in [-0.25, -0.2) is 4.98 Å². The SMILES string of the molecule is CCNC(=NCCc1nc(-c2ccco2)n[nH]1)Nc1ccc2c(c1)OCCCO2.I. The molecule has 0 atom stereocenters. The molecule has 0 unspecified atom stereocenters. The first kappa shape index (κ1) is 21.9. The molecule has 1 aliphatic heterocycles. The number of hydrogen-bond donors (Lipinski definition) is 3. The Bertz CT molecular complexity index is 957. The van der Waals surface area contributed by atoms with Gasteiger partial charge in [0, 0.05) is 37.7 Å². The van der Waals surface area contributed by atoms with E-state index in [1.165, 1.54) is 0 Å². The normalized spacial score (nSPS) is 13.3. The van der Waals surface area contributed by atoms with Gasteiger partial charge in [-0.3, -0.25) is 10.1 Å². The summed E-state index contributed by atoms with van der Waals surface area (Å²) < 4.78 is 16.7. The Morgan fingerprint density at radius 3 is 2.87 bits per heavy atom. The van der Waals surface area contributed by atoms with E-state index >= 15 is 0 Å². The third-order valence-electron chi connectivity index (χ3n) is 4.25. The van der Waals surface area contributed by atoms with Crippen molar-refractivity contribution in [1.82, 2.24) is 20.5 Å². The molecule has 3 N–H and O–H groups in total. The van der Waals surface area contributed by atoms with Gasteiger partial charge in [0.25, 0.3) is 0 Å². The first-order valence-electron chi connectivity index (χ1n) is 9.72. The Hall–Kier alpha value is -2.76. The zero-order chi connectivity index (χ0) is 19.9. The largest absolute Gasteiger partial charge is 0.490 e. The molecule has 9 nitrogen and oxygen atoms in total. The third-order valence-corrected chi connectivity index (χ3v) is 4.25. The Morgan fingerprint density at radius 2 is 2.07 bits per heavy atom. The fourth-order valence-corrected chi connectivity index (χ4v) is 2.88. The van der Waals surface area contributed by atoms with Crippen molar-refractivity contribution in [2.75, 3.05) is 31.6 Å². The minimum absolute atomic E-state index is 0. The van der Waals surface area contributed by atoms with E-state index in [2.05, 4.69) is 30.8 Å². The topological polar surface area (TPSA) is 110 Å². The van der Waals surface area contributed by atoms with Crippen LogP contribution in [0.25, 0.3) is 11.6 Å². The molecule has 0 spiro atoms. The second kappa shape index (κ2) is 10.9. The molecule has 1 aliphatic rings. The van der Waals surface area contributed by atoms with Crippen molar-refractivity contribution >= 4 is 35.6 Å². The van der Waals surface area contributed by atoms with E-state index in [9.17, 15) is 0 Å². The van der Waals surface area contributed by atoms with Crippen LogP contribution in [0.5, 0.6) is 11.5 Å². The smallest absolute Gasteiger partial charge is 0.216 e. The van der Waals surface area contributed by atoms with Crippen LogP contribution >= 0.6 is 24.0 Å². The van der Waals surface area contributed by atoms with Crippen LogP contribution in [0.1, 0.15) is 19.2 Å². The summed E-state index contributed by atoms with van der Waals surface area (Å²) in [6.45, 7) is 4.65. The molecule has 160 valence electrons. The molecule has 4 rings (SSSR count). The molecular weight excluding hydrogens is 499 g/mol. The standard InChI is InChI=1S/C20H24N6O3.HI/c1-2-21-20(23-14-6-7-15-17(13-14)29-12-4-11-27-15)22-9-8-18-24-19(26-25-18)16-5-3-10-28-16;/h3,5-7,10,13H,2,4,8-9,11-12H2,1H3,(H2,21,22,23)(H,24,25,26);1H. The van der Waals surface area contributed by atoms with E-state index in [-0.39, 0.29) is 24.0 Å². The first-order chi connectivity index (χ1) is 14.3. The number of aliphatic imine (C=N–C) groups is 1. The summed E-state index contributed by atoms with van der Waals surface area (Å²) in [5, 5.41) is 13.7. The fraction of sp³-hybridized carbons (Fsp3) is 0.350. The zero-order valence-electron chi connectivity index (χ0n) is 16.7. The van der Waals surface area contributed by atoms with E-state index in [1.807, 2.05) is 37.3 Å². The van der Waals surface area contributed by atoms with Crippen molar-refractivity contribution in [3.63, 3.8) is 0 Å². The van der Waals surface area contributed by atoms with Crippen LogP contribution in [0.15, 0.2) is 46.0 Å². The highest BCUT2D eigenvalue weighted by Gasteiger charge is 2.12. The number of fused-ring (bicyclic) bond motifs is 1. The lowest BCUT2D eigenvalue weighted by atomic mass is 10.3. The molecule has 0 saturated carbocycles. The average molecular weight is 524 g/mol. The number of hydrogen-bond acceptors (Lipinski definition) is 6. The molecule has 0 fully saturated rings. The van der Waals surface area contributed by atoms with Crippen LogP contribution in [-0.4, -0.2) is 47.4 Å². The van der Waals surface area contributed by atoms with Crippen LogP contribution in [0.2, 0.25) is 0 Å². The number of rotatable bonds is 6. The van der Waals surface area contributed by atoms with Gasteiger partial charge in [0.2, 0.25) is 5.82 Å². The predicted octanol–water partition coefficient (Wildman–Crippen LogP) is 3.46. The zero-order valence-corrected chi connectivity index (χ0v) is 19.0. The third kappa shape index (κ3) is 5.65. The summed E-state index contributed by atoms with van der Waals surface area (Å²) in [6.07, 6.45) is 3.11. The Balaban J connectivity index is 0.00000256. The van der Waals surface area contributed by atoms with Crippen molar-refractivity contribution in [3.8, 4) is 23.1 Å². The molecule has 0 amide bonds. The number of ether oxygens (including phenoxy) is 2. The first-order valence-corrected chi connectivity index (χ1v) is 9.72. The van der Waals surface area contributed by atoms with Gasteiger partial charge in [0.05, 0.1) is 19.5 Å². The van der Waals surface area contributed by atoms with Gasteiger partial charge in [0.15, 0.2) is 23.2 Å². The lowest BCUT2D eigenvalue weighted by Crippen LogP contribution is -2.31. The predicted molar refractivity (Wildman–Crippen MR) is 125 cm³/mol. The van der Waals surface area contributed by atoms with Crippen molar-refractivity contribution < 1.29 is 13.9 Å². The second-order valence-corrected chi connectivity index (χ2v) is 6.43. The highest BCUT2D eigenvalue weighted by atomic mass is 127. The Morgan fingerprint density at radius 1 is 1.20 bits per heavy atom. The minimum Gasteiger partial charge on any atom is -0.490 e. The van der Waals surface area contributed by atoms with Crippen LogP contribution in [0, 0.1) is 0 Å². The average Bonchev–Trinajstić information content (AvgIpc) is 3.36. The van der Waals surface area contributed by atoms with Gasteiger partial charge in [-0.05, 0) is 31.2 Å². The molecule has 0 bridgehead atoms. The highest BCUT2D eigenvalue weighted by molar-refractivity contribution is 14.0. The summed E-state index contributed by atoms with van der Waals surface area (Å²) in [5.74, 6) is 4.15. The number of nitrogens with zero attached hydrogens (tertiary/aromatic N) is 3. The van der Waals surface area contributed by atoms with Crippen molar-refractivity contribution in [3.05, 3.63) is 42.4 Å². The number of benzene rings is 1. The number of aromatic amines is 1. The van der Waals surface area contributed by atoms with Crippen molar-refractivity contribution in [2.45, 2.75) is 19.8 Å². The Kier molecular flexibility index (Phi) is 7.94. The molecule has 1 aromatic carbocycles. The van der Waals surface area contributed by atoms with E-state index < -0.39 is 0 Å². The number of halogens is 1.